The van der Waals surface area contributed by atoms with Crippen molar-refractivity contribution in [2.45, 2.75) is 17.4 Å². The number of anilines is 2. The van der Waals surface area contributed by atoms with Gasteiger partial charge in [0.2, 0.25) is 5.91 Å². The Balaban J connectivity index is 1.92. The third kappa shape index (κ3) is 3.02. The molecule has 0 radical (unpaired) electrons. The normalized spacial score (nSPS) is 16.6. The number of nitrogens with one attached hydrogen (secondary N) is 2. The van der Waals surface area contributed by atoms with E-state index < -0.39 is 15.9 Å². The summed E-state index contributed by atoms with van der Waals surface area (Å²) in [6, 6.07) is 12.3. The third-order valence-electron chi connectivity index (χ3n) is 4.97. The average Bonchev–Trinajstić information content (AvgIpc) is 2.86. The number of benzene rings is 2. The van der Waals surface area contributed by atoms with Crippen molar-refractivity contribution >= 4 is 38.0 Å². The first-order chi connectivity index (χ1) is 13.3. The zero-order chi connectivity index (χ0) is 20.1. The maximum Gasteiger partial charge on any atom is 0.227 e. The number of sulfone groups is 1. The summed E-state index contributed by atoms with van der Waals surface area (Å²) in [5.74, 6) is 2.48. The molecule has 1 aliphatic heterocycles. The summed E-state index contributed by atoms with van der Waals surface area (Å²) >= 11 is 0. The van der Waals surface area contributed by atoms with E-state index in [1.54, 1.807) is 18.2 Å². The molecule has 1 atom stereocenters. The molecule has 2 N–H and O–H groups in total. The smallest absolute Gasteiger partial charge is 0.227 e. The monoisotopic (exact) mass is 393 g/mol. The van der Waals surface area contributed by atoms with Gasteiger partial charge >= 0.3 is 0 Å². The van der Waals surface area contributed by atoms with E-state index in [4.69, 9.17) is 6.42 Å². The molecule has 28 heavy (non-hydrogen) atoms. The largest absolute Gasteiger partial charge is 0.369 e. The molecule has 6 nitrogen and oxygen atoms in total. The predicted molar refractivity (Wildman–Crippen MR) is 111 cm³/mol. The van der Waals surface area contributed by atoms with Gasteiger partial charge in [0.1, 0.15) is 0 Å². The minimum absolute atomic E-state index is 0.138. The molecular formula is C21H19N3O3S. The van der Waals surface area contributed by atoms with Crippen LogP contribution in [-0.2, 0) is 21.7 Å². The lowest BCUT2D eigenvalue weighted by Crippen LogP contribution is -2.20. The molecule has 0 aliphatic carbocycles. The summed E-state index contributed by atoms with van der Waals surface area (Å²) in [4.78, 5) is 12.4. The van der Waals surface area contributed by atoms with Gasteiger partial charge in [-0.3, -0.25) is 4.79 Å². The van der Waals surface area contributed by atoms with E-state index in [1.807, 2.05) is 35.9 Å². The van der Waals surface area contributed by atoms with Crippen LogP contribution in [0.2, 0.25) is 0 Å². The van der Waals surface area contributed by atoms with Crippen molar-refractivity contribution in [1.82, 2.24) is 4.57 Å². The highest BCUT2D eigenvalue weighted by Gasteiger charge is 2.23. The molecule has 0 fully saturated rings. The molecule has 0 saturated carbocycles. The Kier molecular flexibility index (Phi) is 4.16. The van der Waals surface area contributed by atoms with Gasteiger partial charge < -0.3 is 15.2 Å². The van der Waals surface area contributed by atoms with Gasteiger partial charge in [0, 0.05) is 29.8 Å². The number of hydrogen-bond acceptors (Lipinski definition) is 4. The summed E-state index contributed by atoms with van der Waals surface area (Å²) in [5, 5.41) is 7.10. The van der Waals surface area contributed by atoms with Crippen molar-refractivity contribution in [3.05, 3.63) is 42.5 Å². The van der Waals surface area contributed by atoms with Crippen LogP contribution < -0.4 is 10.6 Å². The van der Waals surface area contributed by atoms with Crippen LogP contribution in [0.1, 0.15) is 6.42 Å². The highest BCUT2D eigenvalue weighted by Crippen LogP contribution is 2.38. The fraction of sp³-hybridized carbons (Fsp3) is 0.190. The van der Waals surface area contributed by atoms with E-state index in [0.717, 1.165) is 27.8 Å². The van der Waals surface area contributed by atoms with E-state index in [1.165, 1.54) is 6.26 Å². The topological polar surface area (TPSA) is 80.2 Å². The molecule has 0 saturated heterocycles. The summed E-state index contributed by atoms with van der Waals surface area (Å²) in [6.07, 6.45) is 6.96. The lowest BCUT2D eigenvalue weighted by atomic mass is 10.1. The Labute approximate surface area is 163 Å². The third-order valence-corrected chi connectivity index (χ3v) is 6.08. The maximum atomic E-state index is 12.1. The maximum absolute atomic E-state index is 12.1. The van der Waals surface area contributed by atoms with E-state index in [2.05, 4.69) is 16.6 Å². The Bertz CT molecular complexity index is 1270. The van der Waals surface area contributed by atoms with Gasteiger partial charge in [-0.2, -0.15) is 0 Å². The van der Waals surface area contributed by atoms with Crippen molar-refractivity contribution in [2.24, 2.45) is 7.05 Å². The number of aryl methyl sites for hydroxylation is 1. The lowest BCUT2D eigenvalue weighted by molar-refractivity contribution is -0.116. The highest BCUT2D eigenvalue weighted by molar-refractivity contribution is 7.90. The molecule has 0 spiro atoms. The van der Waals surface area contributed by atoms with Crippen LogP contribution >= 0.6 is 0 Å². The lowest BCUT2D eigenvalue weighted by Gasteiger charge is -2.16. The van der Waals surface area contributed by atoms with Crippen molar-refractivity contribution in [2.75, 3.05) is 16.9 Å². The zero-order valence-corrected chi connectivity index (χ0v) is 16.3. The number of carbonyl (C=O) groups is 1. The molecule has 1 aromatic heterocycles. The van der Waals surface area contributed by atoms with Gasteiger partial charge in [-0.1, -0.05) is 24.1 Å². The number of carbonyl (C=O) groups excluding carboxylic acids is 1. The Hall–Kier alpha value is -3.24. The fourth-order valence-corrected chi connectivity index (χ4v) is 4.18. The van der Waals surface area contributed by atoms with Crippen LogP contribution in [0.4, 0.5) is 11.4 Å². The van der Waals surface area contributed by atoms with Gasteiger partial charge in [-0.05, 0) is 24.3 Å². The molecule has 0 bridgehead atoms. The Morgan fingerprint density at radius 3 is 2.71 bits per heavy atom. The van der Waals surface area contributed by atoms with Gasteiger partial charge in [-0.25, -0.2) is 8.42 Å². The first kappa shape index (κ1) is 18.1. The molecule has 7 heteroatoms. The van der Waals surface area contributed by atoms with Gasteiger partial charge in [0.25, 0.3) is 0 Å². The van der Waals surface area contributed by atoms with Gasteiger partial charge in [-0.15, -0.1) is 6.42 Å². The average molecular weight is 393 g/mol. The second kappa shape index (κ2) is 6.43. The predicted octanol–water partition coefficient (Wildman–Crippen LogP) is 3.00. The van der Waals surface area contributed by atoms with Crippen LogP contribution in [-0.4, -0.2) is 31.2 Å². The zero-order valence-electron chi connectivity index (χ0n) is 15.5. The van der Waals surface area contributed by atoms with Crippen molar-refractivity contribution < 1.29 is 13.2 Å². The summed E-state index contributed by atoms with van der Waals surface area (Å²) in [7, 11) is -1.41. The van der Waals surface area contributed by atoms with Crippen molar-refractivity contribution in [1.29, 1.82) is 0 Å². The number of nitrogens with zero attached hydrogens (tertiary/aromatic N) is 1. The molecule has 142 valence electrons. The Morgan fingerprint density at radius 2 is 2.00 bits per heavy atom. The minimum atomic E-state index is -3.30. The molecule has 4 rings (SSSR count). The minimum Gasteiger partial charge on any atom is -0.369 e. The van der Waals surface area contributed by atoms with E-state index >= 15 is 0 Å². The number of para-hydroxylation sites is 1. The van der Waals surface area contributed by atoms with Crippen LogP contribution in [0.5, 0.6) is 0 Å². The van der Waals surface area contributed by atoms with Gasteiger partial charge in [0.15, 0.2) is 9.84 Å². The molecule has 0 unspecified atom stereocenters. The molecule has 1 aliphatic rings. The van der Waals surface area contributed by atoms with Gasteiger partial charge in [0.05, 0.1) is 34.4 Å². The van der Waals surface area contributed by atoms with Crippen molar-refractivity contribution in [3.8, 4) is 23.6 Å². The second-order valence-corrected chi connectivity index (χ2v) is 8.94. The standard InChI is InChI=1S/C21H19N3O3S/c1-4-14-11-20(25)23-17-7-5-6-16(21(17)22-14)19-10-13-8-9-15(28(3,26)27)12-18(13)24(19)2/h1,5-10,12,14,22H,11H2,2-3H3,(H,23,25)/t14-/m1/s1. The van der Waals surface area contributed by atoms with Crippen LogP contribution in [0.15, 0.2) is 47.4 Å². The fourth-order valence-electron chi connectivity index (χ4n) is 3.54. The molecule has 3 aromatic rings. The molecule has 2 heterocycles. The quantitative estimate of drug-likeness (QED) is 0.656. The van der Waals surface area contributed by atoms with Crippen LogP contribution in [0.3, 0.4) is 0 Å². The van der Waals surface area contributed by atoms with E-state index in [9.17, 15) is 13.2 Å². The number of amides is 1. The number of fused-ring (bicyclic) bond motifs is 2. The Morgan fingerprint density at radius 1 is 1.21 bits per heavy atom. The second-order valence-electron chi connectivity index (χ2n) is 6.93. The number of aromatic nitrogens is 1. The van der Waals surface area contributed by atoms with Crippen LogP contribution in [0.25, 0.3) is 22.2 Å². The van der Waals surface area contributed by atoms with E-state index in [-0.39, 0.29) is 17.2 Å². The first-order valence-electron chi connectivity index (χ1n) is 8.73. The summed E-state index contributed by atoms with van der Waals surface area (Å²) in [6.45, 7) is 0. The molecule has 2 aromatic carbocycles. The SMILES string of the molecule is C#C[C@@H]1CC(=O)Nc2cccc(-c3cc4ccc(S(C)(=O)=O)cc4n3C)c2N1. The summed E-state index contributed by atoms with van der Waals surface area (Å²) < 4.78 is 25.8. The van der Waals surface area contributed by atoms with Crippen LogP contribution in [0, 0.1) is 12.3 Å². The number of terminal acetylenes is 1. The van der Waals surface area contributed by atoms with E-state index in [0.29, 0.717) is 5.69 Å². The number of hydrogen-bond donors (Lipinski definition) is 2. The first-order valence-corrected chi connectivity index (χ1v) is 10.6. The molecule has 1 amide bonds. The summed E-state index contributed by atoms with van der Waals surface area (Å²) in [5.41, 5.74) is 3.99. The number of rotatable bonds is 2. The van der Waals surface area contributed by atoms with Crippen molar-refractivity contribution in [3.63, 3.8) is 0 Å². The molecular weight excluding hydrogens is 374 g/mol. The highest BCUT2D eigenvalue weighted by atomic mass is 32.2.